The number of anilines is 1. The number of guanidine groups is 1. The predicted octanol–water partition coefficient (Wildman–Crippen LogP) is 4.47. The molecule has 0 unspecified atom stereocenters. The van der Waals surface area contributed by atoms with Gasteiger partial charge in [-0.15, -0.1) is 24.0 Å². The molecule has 158 valence electrons. The fourth-order valence-corrected chi connectivity index (χ4v) is 3.30. The van der Waals surface area contributed by atoms with Crippen molar-refractivity contribution in [2.24, 2.45) is 4.99 Å². The lowest BCUT2D eigenvalue weighted by molar-refractivity contribution is 0.626. The number of hydrogen-bond donors (Lipinski definition) is 2. The Bertz CT molecular complexity index is 741. The molecule has 2 heterocycles. The third-order valence-electron chi connectivity index (χ3n) is 4.88. The molecule has 1 aromatic carbocycles. The van der Waals surface area contributed by atoms with Crippen LogP contribution >= 0.6 is 24.0 Å². The van der Waals surface area contributed by atoms with Crippen LogP contribution in [0.25, 0.3) is 0 Å². The highest BCUT2D eigenvalue weighted by Crippen LogP contribution is 2.17. The fraction of sp³-hybridized carbons (Fsp3) is 0.455. The van der Waals surface area contributed by atoms with Crippen LogP contribution in [0.1, 0.15) is 43.7 Å². The van der Waals surface area contributed by atoms with Gasteiger partial charge in [-0.1, -0.05) is 31.0 Å². The van der Waals surface area contributed by atoms with Gasteiger partial charge in [-0.25, -0.2) is 14.4 Å². The number of pyridine rings is 1. The molecule has 0 bridgehead atoms. The summed E-state index contributed by atoms with van der Waals surface area (Å²) in [4.78, 5) is 11.7. The van der Waals surface area contributed by atoms with E-state index >= 15 is 0 Å². The van der Waals surface area contributed by atoms with Gasteiger partial charge >= 0.3 is 0 Å². The van der Waals surface area contributed by atoms with E-state index in [1.165, 1.54) is 37.8 Å². The van der Waals surface area contributed by atoms with Crippen molar-refractivity contribution < 1.29 is 4.39 Å². The summed E-state index contributed by atoms with van der Waals surface area (Å²) in [5.41, 5.74) is 2.09. The Morgan fingerprint density at radius 3 is 2.31 bits per heavy atom. The van der Waals surface area contributed by atoms with Crippen molar-refractivity contribution >= 4 is 35.8 Å². The average molecular weight is 511 g/mol. The number of benzene rings is 1. The highest BCUT2D eigenvalue weighted by atomic mass is 127. The van der Waals surface area contributed by atoms with Crippen LogP contribution in [-0.4, -0.2) is 30.6 Å². The van der Waals surface area contributed by atoms with E-state index in [0.717, 1.165) is 42.5 Å². The van der Waals surface area contributed by atoms with Gasteiger partial charge in [0, 0.05) is 32.4 Å². The van der Waals surface area contributed by atoms with Crippen molar-refractivity contribution in [1.82, 2.24) is 15.6 Å². The monoisotopic (exact) mass is 511 g/mol. The zero-order valence-electron chi connectivity index (χ0n) is 17.0. The maximum Gasteiger partial charge on any atom is 0.191 e. The average Bonchev–Trinajstić information content (AvgIpc) is 3.01. The number of aromatic nitrogens is 1. The minimum Gasteiger partial charge on any atom is -0.357 e. The van der Waals surface area contributed by atoms with Crippen molar-refractivity contribution in [3.63, 3.8) is 0 Å². The number of hydrogen-bond acceptors (Lipinski definition) is 3. The second-order valence-corrected chi connectivity index (χ2v) is 7.10. The molecule has 7 heteroatoms. The van der Waals surface area contributed by atoms with Gasteiger partial charge in [-0.05, 0) is 49.1 Å². The third kappa shape index (κ3) is 7.79. The molecule has 2 N–H and O–H groups in total. The Morgan fingerprint density at radius 1 is 1.00 bits per heavy atom. The molecule has 1 aliphatic heterocycles. The zero-order valence-corrected chi connectivity index (χ0v) is 19.4. The summed E-state index contributed by atoms with van der Waals surface area (Å²) in [6.07, 6.45) is 7.06. The van der Waals surface area contributed by atoms with Gasteiger partial charge in [0.1, 0.15) is 11.6 Å². The second-order valence-electron chi connectivity index (χ2n) is 7.10. The molecule has 0 radical (unpaired) electrons. The molecule has 5 nitrogen and oxygen atoms in total. The van der Waals surface area contributed by atoms with E-state index in [4.69, 9.17) is 0 Å². The molecule has 29 heavy (non-hydrogen) atoms. The molecule has 1 aromatic heterocycles. The lowest BCUT2D eigenvalue weighted by Gasteiger charge is -2.21. The quantitative estimate of drug-likeness (QED) is 0.342. The Labute approximate surface area is 190 Å². The maximum absolute atomic E-state index is 13.0. The minimum absolute atomic E-state index is 0. The van der Waals surface area contributed by atoms with Gasteiger partial charge < -0.3 is 15.5 Å². The maximum atomic E-state index is 13.0. The van der Waals surface area contributed by atoms with E-state index in [9.17, 15) is 4.39 Å². The van der Waals surface area contributed by atoms with E-state index < -0.39 is 0 Å². The van der Waals surface area contributed by atoms with Crippen molar-refractivity contribution in [3.8, 4) is 0 Å². The van der Waals surface area contributed by atoms with Gasteiger partial charge in [-0.2, -0.15) is 0 Å². The van der Waals surface area contributed by atoms with E-state index in [0.29, 0.717) is 13.1 Å². The molecule has 0 spiro atoms. The predicted molar refractivity (Wildman–Crippen MR) is 128 cm³/mol. The Kier molecular flexibility index (Phi) is 10.2. The number of aliphatic imine (C=N–C) groups is 1. The first kappa shape index (κ1) is 23.4. The summed E-state index contributed by atoms with van der Waals surface area (Å²) in [7, 11) is 0. The van der Waals surface area contributed by atoms with Crippen LogP contribution in [0.5, 0.6) is 0 Å². The molecule has 3 rings (SSSR count). The zero-order chi connectivity index (χ0) is 19.6. The number of rotatable bonds is 6. The molecule has 1 aliphatic rings. The third-order valence-corrected chi connectivity index (χ3v) is 4.88. The smallest absolute Gasteiger partial charge is 0.191 e. The standard InChI is InChI=1S/C22H30FN5.HI/c1-2-24-22(26-15-18-7-10-20(23)11-8-18)27-17-19-9-12-21(25-16-19)28-13-5-3-4-6-14-28;/h7-12,16H,2-6,13-15,17H2,1H3,(H2,24,26,27);1H. The Balaban J connectivity index is 0.00000300. The molecular formula is C22H31FIN5. The van der Waals surface area contributed by atoms with Crippen LogP contribution in [0.4, 0.5) is 10.2 Å². The first-order valence-electron chi connectivity index (χ1n) is 10.2. The molecular weight excluding hydrogens is 480 g/mol. The van der Waals surface area contributed by atoms with E-state index in [2.05, 4.69) is 37.6 Å². The van der Waals surface area contributed by atoms with Crippen LogP contribution < -0.4 is 15.5 Å². The van der Waals surface area contributed by atoms with E-state index in [1.807, 2.05) is 13.1 Å². The molecule has 1 saturated heterocycles. The van der Waals surface area contributed by atoms with Crippen molar-refractivity contribution in [2.45, 2.75) is 45.7 Å². The first-order chi connectivity index (χ1) is 13.7. The Morgan fingerprint density at radius 2 is 1.69 bits per heavy atom. The van der Waals surface area contributed by atoms with Gasteiger partial charge in [0.25, 0.3) is 0 Å². The largest absolute Gasteiger partial charge is 0.357 e. The Hall–Kier alpha value is -1.90. The summed E-state index contributed by atoms with van der Waals surface area (Å²) >= 11 is 0. The summed E-state index contributed by atoms with van der Waals surface area (Å²) in [5, 5.41) is 6.53. The number of nitrogens with zero attached hydrogens (tertiary/aromatic N) is 3. The fourth-order valence-electron chi connectivity index (χ4n) is 3.30. The van der Waals surface area contributed by atoms with Gasteiger partial charge in [0.15, 0.2) is 5.96 Å². The lowest BCUT2D eigenvalue weighted by atomic mass is 10.2. The molecule has 2 aromatic rings. The van der Waals surface area contributed by atoms with Crippen molar-refractivity contribution in [2.75, 3.05) is 24.5 Å². The summed E-state index contributed by atoms with van der Waals surface area (Å²) in [6, 6.07) is 10.7. The highest BCUT2D eigenvalue weighted by Gasteiger charge is 2.10. The van der Waals surface area contributed by atoms with Crippen LogP contribution in [-0.2, 0) is 13.1 Å². The second kappa shape index (κ2) is 12.6. The topological polar surface area (TPSA) is 52.6 Å². The van der Waals surface area contributed by atoms with Crippen LogP contribution in [0.2, 0.25) is 0 Å². The molecule has 0 aliphatic carbocycles. The summed E-state index contributed by atoms with van der Waals surface area (Å²) in [5.74, 6) is 1.58. The van der Waals surface area contributed by atoms with Crippen molar-refractivity contribution in [3.05, 3.63) is 59.5 Å². The number of halogens is 2. The summed E-state index contributed by atoms with van der Waals surface area (Å²) < 4.78 is 13.0. The van der Waals surface area contributed by atoms with Gasteiger partial charge in [0.05, 0.1) is 6.54 Å². The van der Waals surface area contributed by atoms with Crippen LogP contribution in [0, 0.1) is 5.82 Å². The van der Waals surface area contributed by atoms with Gasteiger partial charge in [0.2, 0.25) is 0 Å². The minimum atomic E-state index is -0.222. The normalized spacial score (nSPS) is 14.7. The SMILES string of the molecule is CCNC(=NCc1ccc(N2CCCCCC2)nc1)NCc1ccc(F)cc1.I. The van der Waals surface area contributed by atoms with Crippen LogP contribution in [0.15, 0.2) is 47.6 Å². The molecule has 0 saturated carbocycles. The molecule has 1 fully saturated rings. The molecule has 0 amide bonds. The van der Waals surface area contributed by atoms with E-state index in [1.54, 1.807) is 12.1 Å². The van der Waals surface area contributed by atoms with Crippen LogP contribution in [0.3, 0.4) is 0 Å². The summed E-state index contributed by atoms with van der Waals surface area (Å²) in [6.45, 7) is 6.17. The van der Waals surface area contributed by atoms with Gasteiger partial charge in [-0.3, -0.25) is 0 Å². The molecule has 0 atom stereocenters. The highest BCUT2D eigenvalue weighted by molar-refractivity contribution is 14.0. The number of nitrogens with one attached hydrogen (secondary N) is 2. The van der Waals surface area contributed by atoms with E-state index in [-0.39, 0.29) is 29.8 Å². The first-order valence-corrected chi connectivity index (χ1v) is 10.2. The lowest BCUT2D eigenvalue weighted by Crippen LogP contribution is -2.36. The van der Waals surface area contributed by atoms with Crippen molar-refractivity contribution in [1.29, 1.82) is 0 Å².